The van der Waals surface area contributed by atoms with Crippen LogP contribution in [0.5, 0.6) is 0 Å². The van der Waals surface area contributed by atoms with Crippen molar-refractivity contribution in [1.82, 2.24) is 34.5 Å². The molecule has 1 saturated heterocycles. The lowest BCUT2D eigenvalue weighted by atomic mass is 10.3. The van der Waals surface area contributed by atoms with Gasteiger partial charge in [-0.1, -0.05) is 0 Å². The lowest BCUT2D eigenvalue weighted by Crippen LogP contribution is -2.39. The van der Waals surface area contributed by atoms with Gasteiger partial charge in [-0.2, -0.15) is 0 Å². The van der Waals surface area contributed by atoms with Gasteiger partial charge in [0.15, 0.2) is 11.2 Å². The minimum atomic E-state index is -0.612. The fraction of sp³-hybridized carbons (Fsp3) is 0.600. The van der Waals surface area contributed by atoms with Crippen molar-refractivity contribution >= 4 is 17.1 Å². The lowest BCUT2D eigenvalue weighted by Gasteiger charge is -2.26. The van der Waals surface area contributed by atoms with E-state index in [2.05, 4.69) is 25.4 Å². The van der Waals surface area contributed by atoms with E-state index < -0.39 is 17.2 Å². The molecule has 3 heterocycles. The molecule has 3 rings (SSSR count). The van der Waals surface area contributed by atoms with E-state index in [0.29, 0.717) is 6.54 Å². The molecule has 1 amide bonds. The lowest BCUT2D eigenvalue weighted by molar-refractivity contribution is 0.0374. The van der Waals surface area contributed by atoms with E-state index in [1.54, 1.807) is 0 Å². The topological polar surface area (TPSA) is 124 Å². The highest BCUT2D eigenvalue weighted by Crippen LogP contribution is 2.00. The van der Waals surface area contributed by atoms with Crippen molar-refractivity contribution in [1.29, 1.82) is 0 Å². The maximum absolute atomic E-state index is 12.2. The smallest absolute Gasteiger partial charge is 0.332 e. The Morgan fingerprint density at radius 1 is 1.15 bits per heavy atom. The highest BCUT2D eigenvalue weighted by atomic mass is 16.5. The first-order valence-electron chi connectivity index (χ1n) is 8.38. The molecule has 26 heavy (non-hydrogen) atoms. The second-order valence-corrected chi connectivity index (χ2v) is 6.08. The maximum atomic E-state index is 12.2. The predicted octanol–water partition coefficient (Wildman–Crippen LogP) is -2.13. The normalized spacial score (nSPS) is 15.3. The number of aromatic nitrogens is 5. The molecule has 1 fully saturated rings. The standard InChI is InChI=1S/C15H21N7O4/c1-20-12-10(14(24)21(2)15(20)25)17-11(18-19-12)13(23)16-4-3-5-22-6-8-26-9-7-22/h3-9H2,1-2H3,(H,16,23). The zero-order chi connectivity index (χ0) is 18.7. The van der Waals surface area contributed by atoms with Crippen LogP contribution >= 0.6 is 0 Å². The van der Waals surface area contributed by atoms with E-state index in [4.69, 9.17) is 4.74 Å². The fourth-order valence-corrected chi connectivity index (χ4v) is 2.76. The molecule has 0 atom stereocenters. The van der Waals surface area contributed by atoms with Gasteiger partial charge in [0.05, 0.1) is 13.2 Å². The number of carbonyl (C=O) groups is 1. The Bertz CT molecular complexity index is 930. The average molecular weight is 363 g/mol. The molecular formula is C15H21N7O4. The van der Waals surface area contributed by atoms with Gasteiger partial charge in [0.1, 0.15) is 0 Å². The zero-order valence-corrected chi connectivity index (χ0v) is 14.8. The summed E-state index contributed by atoms with van der Waals surface area (Å²) in [7, 11) is 2.81. The van der Waals surface area contributed by atoms with Crippen LogP contribution in [-0.4, -0.2) is 74.5 Å². The molecule has 1 aliphatic heterocycles. The molecule has 0 aromatic carbocycles. The first kappa shape index (κ1) is 18.1. The Morgan fingerprint density at radius 2 is 1.88 bits per heavy atom. The van der Waals surface area contributed by atoms with Gasteiger partial charge in [-0.25, -0.2) is 9.78 Å². The summed E-state index contributed by atoms with van der Waals surface area (Å²) in [5, 5.41) is 10.3. The highest BCUT2D eigenvalue weighted by molar-refractivity contribution is 5.91. The molecule has 0 radical (unpaired) electrons. The first-order chi connectivity index (χ1) is 12.5. The zero-order valence-electron chi connectivity index (χ0n) is 14.8. The molecule has 140 valence electrons. The van der Waals surface area contributed by atoms with Crippen LogP contribution in [0.2, 0.25) is 0 Å². The SMILES string of the molecule is Cn1c(=O)c2nc(C(=O)NCCCN3CCOCC3)nnc2n(C)c1=O. The van der Waals surface area contributed by atoms with Crippen molar-refractivity contribution in [2.75, 3.05) is 39.4 Å². The van der Waals surface area contributed by atoms with E-state index in [0.717, 1.165) is 43.8 Å². The monoisotopic (exact) mass is 363 g/mol. The van der Waals surface area contributed by atoms with Crippen LogP contribution in [0.25, 0.3) is 11.2 Å². The van der Waals surface area contributed by atoms with Gasteiger partial charge in [0.2, 0.25) is 5.82 Å². The van der Waals surface area contributed by atoms with Crippen LogP contribution in [-0.2, 0) is 18.8 Å². The number of nitrogens with zero attached hydrogens (tertiary/aromatic N) is 6. The van der Waals surface area contributed by atoms with Crippen molar-refractivity contribution in [3.63, 3.8) is 0 Å². The van der Waals surface area contributed by atoms with Gasteiger partial charge >= 0.3 is 5.69 Å². The van der Waals surface area contributed by atoms with E-state index in [9.17, 15) is 14.4 Å². The summed E-state index contributed by atoms with van der Waals surface area (Å²) in [5.74, 6) is -0.697. The molecule has 0 unspecified atom stereocenters. The van der Waals surface area contributed by atoms with E-state index in [-0.39, 0.29) is 17.0 Å². The summed E-state index contributed by atoms with van der Waals surface area (Å²) < 4.78 is 7.37. The molecule has 2 aromatic heterocycles. The molecule has 11 nitrogen and oxygen atoms in total. The molecule has 11 heteroatoms. The van der Waals surface area contributed by atoms with Gasteiger partial charge in [-0.15, -0.1) is 10.2 Å². The Kier molecular flexibility index (Phi) is 5.38. The first-order valence-corrected chi connectivity index (χ1v) is 8.38. The predicted molar refractivity (Wildman–Crippen MR) is 92.0 cm³/mol. The van der Waals surface area contributed by atoms with Crippen molar-refractivity contribution in [2.45, 2.75) is 6.42 Å². The number of rotatable bonds is 5. The number of fused-ring (bicyclic) bond motifs is 1. The van der Waals surface area contributed by atoms with Crippen LogP contribution in [0.4, 0.5) is 0 Å². The Morgan fingerprint density at radius 3 is 2.62 bits per heavy atom. The molecule has 0 bridgehead atoms. The summed E-state index contributed by atoms with van der Waals surface area (Å²) >= 11 is 0. The van der Waals surface area contributed by atoms with Crippen molar-refractivity contribution < 1.29 is 9.53 Å². The second-order valence-electron chi connectivity index (χ2n) is 6.08. The van der Waals surface area contributed by atoms with Crippen LogP contribution in [0.3, 0.4) is 0 Å². The van der Waals surface area contributed by atoms with Gasteiger partial charge in [-0.3, -0.25) is 23.6 Å². The number of morpholine rings is 1. The Balaban J connectivity index is 1.67. The third-order valence-electron chi connectivity index (χ3n) is 4.31. The molecule has 1 aliphatic rings. The Labute approximate surface area is 148 Å². The van der Waals surface area contributed by atoms with E-state index in [1.165, 1.54) is 18.7 Å². The van der Waals surface area contributed by atoms with E-state index in [1.807, 2.05) is 0 Å². The molecule has 1 N–H and O–H groups in total. The molecule has 0 saturated carbocycles. The van der Waals surface area contributed by atoms with Gasteiger partial charge < -0.3 is 10.1 Å². The second kappa shape index (κ2) is 7.70. The summed E-state index contributed by atoms with van der Waals surface area (Å²) in [5.41, 5.74) is -1.16. The van der Waals surface area contributed by atoms with Crippen molar-refractivity contribution in [3.8, 4) is 0 Å². The molecule has 0 aliphatic carbocycles. The quantitative estimate of drug-likeness (QED) is 0.598. The van der Waals surface area contributed by atoms with Crippen LogP contribution < -0.4 is 16.6 Å². The summed E-state index contributed by atoms with van der Waals surface area (Å²) in [6.07, 6.45) is 0.781. The number of hydrogen-bond donors (Lipinski definition) is 1. The van der Waals surface area contributed by atoms with Gasteiger partial charge in [0.25, 0.3) is 11.5 Å². The average Bonchev–Trinajstić information content (AvgIpc) is 2.68. The van der Waals surface area contributed by atoms with Gasteiger partial charge in [-0.05, 0) is 13.0 Å². The molecular weight excluding hydrogens is 342 g/mol. The largest absolute Gasteiger partial charge is 0.379 e. The minimum absolute atomic E-state index is 0.0435. The summed E-state index contributed by atoms with van der Waals surface area (Å²) in [6, 6.07) is 0. The molecule has 2 aromatic rings. The Hall–Kier alpha value is -2.66. The number of amides is 1. The van der Waals surface area contributed by atoms with Crippen LogP contribution in [0.15, 0.2) is 9.59 Å². The number of ether oxygens (including phenoxy) is 1. The highest BCUT2D eigenvalue weighted by Gasteiger charge is 2.16. The number of aryl methyl sites for hydroxylation is 1. The number of nitrogens with one attached hydrogen (secondary N) is 1. The third kappa shape index (κ3) is 3.63. The number of carbonyl (C=O) groups excluding carboxylic acids is 1. The van der Waals surface area contributed by atoms with Crippen molar-refractivity contribution in [3.05, 3.63) is 26.7 Å². The maximum Gasteiger partial charge on any atom is 0.332 e. The van der Waals surface area contributed by atoms with Crippen molar-refractivity contribution in [2.24, 2.45) is 14.1 Å². The van der Waals surface area contributed by atoms with E-state index >= 15 is 0 Å². The van der Waals surface area contributed by atoms with Crippen LogP contribution in [0.1, 0.15) is 17.0 Å². The summed E-state index contributed by atoms with van der Waals surface area (Å²) in [6.45, 7) is 4.59. The van der Waals surface area contributed by atoms with Gasteiger partial charge in [0, 0.05) is 33.7 Å². The number of hydrogen-bond acceptors (Lipinski definition) is 8. The summed E-state index contributed by atoms with van der Waals surface area (Å²) in [4.78, 5) is 42.5. The minimum Gasteiger partial charge on any atom is -0.379 e. The third-order valence-corrected chi connectivity index (χ3v) is 4.31. The van der Waals surface area contributed by atoms with Crippen LogP contribution in [0, 0.1) is 0 Å². The fourth-order valence-electron chi connectivity index (χ4n) is 2.76. The molecule has 0 spiro atoms.